The zero-order valence-corrected chi connectivity index (χ0v) is 11.8. The van der Waals surface area contributed by atoms with Gasteiger partial charge in [0.25, 0.3) is 0 Å². The first-order valence-electron chi connectivity index (χ1n) is 6.62. The number of ether oxygens (including phenoxy) is 1. The average molecular weight is 260 g/mol. The molecule has 0 bridgehead atoms. The summed E-state index contributed by atoms with van der Waals surface area (Å²) in [6, 6.07) is -0.227. The SMILES string of the molecule is COCCC(CO)NC(=O)C[C@@H](CN)CC(C)C. The predicted molar refractivity (Wildman–Crippen MR) is 72.1 cm³/mol. The summed E-state index contributed by atoms with van der Waals surface area (Å²) in [7, 11) is 1.60. The number of aliphatic hydroxyl groups is 1. The van der Waals surface area contributed by atoms with Gasteiger partial charge in [-0.05, 0) is 31.2 Å². The second-order valence-corrected chi connectivity index (χ2v) is 5.16. The molecule has 0 aromatic rings. The lowest BCUT2D eigenvalue weighted by Gasteiger charge is -2.20. The Morgan fingerprint density at radius 2 is 2.11 bits per heavy atom. The summed E-state index contributed by atoms with van der Waals surface area (Å²) in [5.74, 6) is 0.710. The van der Waals surface area contributed by atoms with E-state index in [1.807, 2.05) is 0 Å². The Kier molecular flexibility index (Phi) is 9.92. The third-order valence-corrected chi connectivity index (χ3v) is 2.87. The van der Waals surface area contributed by atoms with Crippen molar-refractivity contribution >= 4 is 5.91 Å². The van der Waals surface area contributed by atoms with Gasteiger partial charge in [0.05, 0.1) is 12.6 Å². The molecule has 2 atom stereocenters. The molecule has 4 N–H and O–H groups in total. The van der Waals surface area contributed by atoms with Crippen LogP contribution in [0.15, 0.2) is 0 Å². The first-order chi connectivity index (χ1) is 8.53. The van der Waals surface area contributed by atoms with Gasteiger partial charge < -0.3 is 20.9 Å². The van der Waals surface area contributed by atoms with Gasteiger partial charge >= 0.3 is 0 Å². The van der Waals surface area contributed by atoms with Crippen molar-refractivity contribution in [2.24, 2.45) is 17.6 Å². The van der Waals surface area contributed by atoms with Crippen LogP contribution in [0.25, 0.3) is 0 Å². The largest absolute Gasteiger partial charge is 0.394 e. The molecule has 1 amide bonds. The van der Waals surface area contributed by atoms with Crippen LogP contribution in [0, 0.1) is 11.8 Å². The van der Waals surface area contributed by atoms with Crippen LogP contribution in [0.4, 0.5) is 0 Å². The van der Waals surface area contributed by atoms with Gasteiger partial charge in [0, 0.05) is 20.1 Å². The zero-order chi connectivity index (χ0) is 14.0. The van der Waals surface area contributed by atoms with E-state index in [9.17, 15) is 4.79 Å². The number of methoxy groups -OCH3 is 1. The topological polar surface area (TPSA) is 84.6 Å². The second kappa shape index (κ2) is 10.3. The lowest BCUT2D eigenvalue weighted by Crippen LogP contribution is -2.39. The number of aliphatic hydroxyl groups excluding tert-OH is 1. The van der Waals surface area contributed by atoms with Crippen LogP contribution >= 0.6 is 0 Å². The molecule has 0 saturated carbocycles. The van der Waals surface area contributed by atoms with Gasteiger partial charge in [0.1, 0.15) is 0 Å². The molecule has 0 heterocycles. The van der Waals surface area contributed by atoms with E-state index in [1.165, 1.54) is 0 Å². The number of rotatable bonds is 10. The molecule has 18 heavy (non-hydrogen) atoms. The third-order valence-electron chi connectivity index (χ3n) is 2.87. The van der Waals surface area contributed by atoms with Crippen LogP contribution in [0.3, 0.4) is 0 Å². The Morgan fingerprint density at radius 3 is 2.56 bits per heavy atom. The number of amides is 1. The highest BCUT2D eigenvalue weighted by atomic mass is 16.5. The van der Waals surface area contributed by atoms with Crippen molar-refractivity contribution in [1.29, 1.82) is 0 Å². The van der Waals surface area contributed by atoms with Gasteiger partial charge in [0.15, 0.2) is 0 Å². The van der Waals surface area contributed by atoms with Crippen LogP contribution in [0.2, 0.25) is 0 Å². The fourth-order valence-corrected chi connectivity index (χ4v) is 1.95. The molecule has 0 aliphatic heterocycles. The van der Waals surface area contributed by atoms with Crippen LogP contribution < -0.4 is 11.1 Å². The maximum atomic E-state index is 11.8. The molecule has 0 saturated heterocycles. The van der Waals surface area contributed by atoms with Crippen LogP contribution in [0.1, 0.15) is 33.1 Å². The van der Waals surface area contributed by atoms with Crippen molar-refractivity contribution in [2.45, 2.75) is 39.2 Å². The summed E-state index contributed by atoms with van der Waals surface area (Å²) in [4.78, 5) is 11.8. The lowest BCUT2D eigenvalue weighted by atomic mass is 9.94. The minimum atomic E-state index is -0.227. The maximum absolute atomic E-state index is 11.8. The first kappa shape index (κ1) is 17.4. The monoisotopic (exact) mass is 260 g/mol. The van der Waals surface area contributed by atoms with Crippen molar-refractivity contribution in [2.75, 3.05) is 26.9 Å². The molecule has 0 fully saturated rings. The summed E-state index contributed by atoms with van der Waals surface area (Å²) >= 11 is 0. The lowest BCUT2D eigenvalue weighted by molar-refractivity contribution is -0.123. The van der Waals surface area contributed by atoms with E-state index in [2.05, 4.69) is 19.2 Å². The number of hydrogen-bond donors (Lipinski definition) is 3. The fourth-order valence-electron chi connectivity index (χ4n) is 1.95. The number of nitrogens with two attached hydrogens (primary N) is 1. The summed E-state index contributed by atoms with van der Waals surface area (Å²) in [5.41, 5.74) is 5.66. The molecule has 0 aliphatic rings. The van der Waals surface area contributed by atoms with Crippen LogP contribution in [-0.2, 0) is 9.53 Å². The van der Waals surface area contributed by atoms with Gasteiger partial charge in [-0.25, -0.2) is 0 Å². The minimum absolute atomic E-state index is 0.0405. The Labute approximate surface area is 110 Å². The first-order valence-corrected chi connectivity index (χ1v) is 6.62. The van der Waals surface area contributed by atoms with Gasteiger partial charge in [0.2, 0.25) is 5.91 Å². The highest BCUT2D eigenvalue weighted by Gasteiger charge is 2.16. The van der Waals surface area contributed by atoms with Crippen LogP contribution in [0.5, 0.6) is 0 Å². The third kappa shape index (κ3) is 8.44. The number of hydrogen-bond acceptors (Lipinski definition) is 4. The van der Waals surface area contributed by atoms with Crippen molar-refractivity contribution in [1.82, 2.24) is 5.32 Å². The fraction of sp³-hybridized carbons (Fsp3) is 0.923. The van der Waals surface area contributed by atoms with Gasteiger partial charge in [-0.2, -0.15) is 0 Å². The Bertz CT molecular complexity index is 222. The highest BCUT2D eigenvalue weighted by Crippen LogP contribution is 2.14. The smallest absolute Gasteiger partial charge is 0.220 e. The van der Waals surface area contributed by atoms with Crippen molar-refractivity contribution < 1.29 is 14.6 Å². The van der Waals surface area contributed by atoms with Crippen LogP contribution in [-0.4, -0.2) is 43.9 Å². The molecule has 5 heteroatoms. The van der Waals surface area contributed by atoms with Crippen molar-refractivity contribution in [3.63, 3.8) is 0 Å². The Balaban J connectivity index is 4.04. The molecule has 0 radical (unpaired) electrons. The van der Waals surface area contributed by atoms with Gasteiger partial charge in [-0.1, -0.05) is 13.8 Å². The highest BCUT2D eigenvalue weighted by molar-refractivity contribution is 5.76. The quantitative estimate of drug-likeness (QED) is 0.534. The van der Waals surface area contributed by atoms with E-state index < -0.39 is 0 Å². The van der Waals surface area contributed by atoms with E-state index >= 15 is 0 Å². The molecule has 0 aromatic heterocycles. The second-order valence-electron chi connectivity index (χ2n) is 5.16. The van der Waals surface area contributed by atoms with E-state index in [0.29, 0.717) is 31.9 Å². The Morgan fingerprint density at radius 1 is 1.44 bits per heavy atom. The molecule has 0 aliphatic carbocycles. The van der Waals surface area contributed by atoms with Gasteiger partial charge in [-0.15, -0.1) is 0 Å². The molecule has 5 nitrogen and oxygen atoms in total. The molecule has 108 valence electrons. The molecular weight excluding hydrogens is 232 g/mol. The van der Waals surface area contributed by atoms with E-state index in [-0.39, 0.29) is 24.5 Å². The Hall–Kier alpha value is -0.650. The summed E-state index contributed by atoms with van der Waals surface area (Å²) < 4.78 is 4.93. The maximum Gasteiger partial charge on any atom is 0.220 e. The summed E-state index contributed by atoms with van der Waals surface area (Å²) in [6.07, 6.45) is 2.00. The molecular formula is C13H28N2O3. The normalized spacial score (nSPS) is 14.6. The summed E-state index contributed by atoms with van der Waals surface area (Å²) in [5, 5.41) is 12.0. The minimum Gasteiger partial charge on any atom is -0.394 e. The van der Waals surface area contributed by atoms with E-state index in [1.54, 1.807) is 7.11 Å². The zero-order valence-electron chi connectivity index (χ0n) is 11.8. The number of nitrogens with one attached hydrogen (secondary N) is 1. The molecule has 0 rings (SSSR count). The van der Waals surface area contributed by atoms with Gasteiger partial charge in [-0.3, -0.25) is 4.79 Å². The predicted octanol–water partition coefficient (Wildman–Crippen LogP) is 0.511. The van der Waals surface area contributed by atoms with Crippen molar-refractivity contribution in [3.05, 3.63) is 0 Å². The molecule has 1 unspecified atom stereocenters. The van der Waals surface area contributed by atoms with E-state index in [4.69, 9.17) is 15.6 Å². The molecule has 0 spiro atoms. The average Bonchev–Trinajstić information content (AvgIpc) is 2.32. The standard InChI is InChI=1S/C13H28N2O3/c1-10(2)6-11(8-14)7-13(17)15-12(9-16)4-5-18-3/h10-12,16H,4-9,14H2,1-3H3,(H,15,17)/t11-,12?/m0/s1. The number of carbonyl (C=O) groups is 1. The summed E-state index contributed by atoms with van der Waals surface area (Å²) in [6.45, 7) is 5.23. The van der Waals surface area contributed by atoms with Crippen molar-refractivity contribution in [3.8, 4) is 0 Å². The number of carbonyl (C=O) groups excluding carboxylic acids is 1. The van der Waals surface area contributed by atoms with E-state index in [0.717, 1.165) is 6.42 Å². The molecule has 0 aromatic carbocycles.